The third-order valence-electron chi connectivity index (χ3n) is 3.46. The normalized spacial score (nSPS) is 23.2. The third kappa shape index (κ3) is 3.54. The van der Waals surface area contributed by atoms with Crippen molar-refractivity contribution in [2.24, 2.45) is 0 Å². The standard InChI is InChI=1S/C13H21N3OS/c1-13(4-5-14-10-13)15-7-12(17)16(2)8-11-3-6-18-9-11/h3,6,9,14-15H,4-5,7-8,10H2,1-2H3. The zero-order valence-corrected chi connectivity index (χ0v) is 11.8. The Bertz CT molecular complexity index is 385. The minimum atomic E-state index is 0.0683. The first-order valence-electron chi connectivity index (χ1n) is 6.30. The molecule has 2 heterocycles. The summed E-state index contributed by atoms with van der Waals surface area (Å²) in [5.74, 6) is 0.148. The molecule has 0 saturated carbocycles. The van der Waals surface area contributed by atoms with Gasteiger partial charge in [-0.2, -0.15) is 11.3 Å². The van der Waals surface area contributed by atoms with Gasteiger partial charge in [-0.05, 0) is 42.3 Å². The molecule has 0 radical (unpaired) electrons. The molecule has 5 heteroatoms. The second-order valence-electron chi connectivity index (χ2n) is 5.22. The quantitative estimate of drug-likeness (QED) is 0.838. The molecule has 2 N–H and O–H groups in total. The van der Waals surface area contributed by atoms with Gasteiger partial charge < -0.3 is 15.5 Å². The van der Waals surface area contributed by atoms with E-state index in [2.05, 4.69) is 29.0 Å². The minimum Gasteiger partial charge on any atom is -0.340 e. The topological polar surface area (TPSA) is 44.4 Å². The highest BCUT2D eigenvalue weighted by molar-refractivity contribution is 7.07. The van der Waals surface area contributed by atoms with E-state index in [4.69, 9.17) is 0 Å². The summed E-state index contributed by atoms with van der Waals surface area (Å²) in [5.41, 5.74) is 1.27. The van der Waals surface area contributed by atoms with E-state index < -0.39 is 0 Å². The smallest absolute Gasteiger partial charge is 0.236 e. The van der Waals surface area contributed by atoms with Gasteiger partial charge in [-0.3, -0.25) is 4.79 Å². The predicted octanol–water partition coefficient (Wildman–Crippen LogP) is 1.05. The van der Waals surface area contributed by atoms with E-state index in [0.29, 0.717) is 13.1 Å². The van der Waals surface area contributed by atoms with Gasteiger partial charge in [0.15, 0.2) is 0 Å². The van der Waals surface area contributed by atoms with Gasteiger partial charge in [-0.15, -0.1) is 0 Å². The summed E-state index contributed by atoms with van der Waals surface area (Å²) in [6, 6.07) is 2.06. The van der Waals surface area contributed by atoms with Gasteiger partial charge in [0.2, 0.25) is 5.91 Å². The highest BCUT2D eigenvalue weighted by Crippen LogP contribution is 2.13. The summed E-state index contributed by atoms with van der Waals surface area (Å²) in [7, 11) is 1.86. The van der Waals surface area contributed by atoms with Gasteiger partial charge >= 0.3 is 0 Å². The molecule has 0 aromatic carbocycles. The molecular weight excluding hydrogens is 246 g/mol. The van der Waals surface area contributed by atoms with Crippen LogP contribution < -0.4 is 10.6 Å². The number of hydrogen-bond acceptors (Lipinski definition) is 4. The molecule has 4 nitrogen and oxygen atoms in total. The fraction of sp³-hybridized carbons (Fsp3) is 0.615. The molecule has 1 atom stereocenters. The van der Waals surface area contributed by atoms with Crippen LogP contribution in [0.4, 0.5) is 0 Å². The summed E-state index contributed by atoms with van der Waals surface area (Å²) in [6.07, 6.45) is 1.08. The van der Waals surface area contributed by atoms with Crippen LogP contribution in [0.5, 0.6) is 0 Å². The number of rotatable bonds is 5. The fourth-order valence-electron chi connectivity index (χ4n) is 2.14. The number of carbonyl (C=O) groups is 1. The van der Waals surface area contributed by atoms with Crippen LogP contribution in [0.2, 0.25) is 0 Å². The molecule has 0 spiro atoms. The van der Waals surface area contributed by atoms with E-state index in [0.717, 1.165) is 19.5 Å². The molecule has 1 fully saturated rings. The third-order valence-corrected chi connectivity index (χ3v) is 4.19. The SMILES string of the molecule is CN(Cc1ccsc1)C(=O)CNC1(C)CCNC1. The molecule has 0 bridgehead atoms. The maximum Gasteiger partial charge on any atom is 0.236 e. The summed E-state index contributed by atoms with van der Waals surface area (Å²) in [4.78, 5) is 13.8. The molecule has 1 saturated heterocycles. The lowest BCUT2D eigenvalue weighted by atomic mass is 10.0. The Hall–Kier alpha value is -0.910. The van der Waals surface area contributed by atoms with Crippen molar-refractivity contribution in [2.75, 3.05) is 26.7 Å². The summed E-state index contributed by atoms with van der Waals surface area (Å²) < 4.78 is 0. The molecule has 1 aromatic rings. The number of hydrogen-bond donors (Lipinski definition) is 2. The number of nitrogens with zero attached hydrogens (tertiary/aromatic N) is 1. The number of likely N-dealkylation sites (N-methyl/N-ethyl adjacent to an activating group) is 1. The van der Waals surface area contributed by atoms with Crippen molar-refractivity contribution in [1.82, 2.24) is 15.5 Å². The molecule has 1 aliphatic heterocycles. The van der Waals surface area contributed by atoms with Crippen molar-refractivity contribution in [3.8, 4) is 0 Å². The Morgan fingerprint density at radius 3 is 3.11 bits per heavy atom. The van der Waals surface area contributed by atoms with Crippen LogP contribution in [0.15, 0.2) is 16.8 Å². The van der Waals surface area contributed by atoms with E-state index in [1.807, 2.05) is 12.4 Å². The first-order valence-corrected chi connectivity index (χ1v) is 7.24. The van der Waals surface area contributed by atoms with Crippen molar-refractivity contribution in [3.63, 3.8) is 0 Å². The predicted molar refractivity (Wildman–Crippen MR) is 74.7 cm³/mol. The van der Waals surface area contributed by atoms with Crippen molar-refractivity contribution < 1.29 is 4.79 Å². The molecule has 18 heavy (non-hydrogen) atoms. The van der Waals surface area contributed by atoms with Crippen LogP contribution in [-0.2, 0) is 11.3 Å². The van der Waals surface area contributed by atoms with Gasteiger partial charge in [-0.1, -0.05) is 0 Å². The highest BCUT2D eigenvalue weighted by atomic mass is 32.1. The average molecular weight is 267 g/mol. The van der Waals surface area contributed by atoms with Crippen LogP contribution in [0.25, 0.3) is 0 Å². The Balaban J connectivity index is 1.77. The Labute approximate surface area is 112 Å². The monoisotopic (exact) mass is 267 g/mol. The lowest BCUT2D eigenvalue weighted by Gasteiger charge is -2.26. The van der Waals surface area contributed by atoms with Crippen molar-refractivity contribution in [1.29, 1.82) is 0 Å². The number of nitrogens with one attached hydrogen (secondary N) is 2. The van der Waals surface area contributed by atoms with E-state index in [-0.39, 0.29) is 11.4 Å². The zero-order chi connectivity index (χ0) is 13.0. The first kappa shape index (κ1) is 13.5. The number of carbonyl (C=O) groups excluding carboxylic acids is 1. The average Bonchev–Trinajstić information content (AvgIpc) is 2.98. The van der Waals surface area contributed by atoms with Crippen LogP contribution in [0.3, 0.4) is 0 Å². The zero-order valence-electron chi connectivity index (χ0n) is 11.0. The van der Waals surface area contributed by atoms with Gasteiger partial charge in [0.1, 0.15) is 0 Å². The Kier molecular flexibility index (Phi) is 4.37. The van der Waals surface area contributed by atoms with Gasteiger partial charge in [0.25, 0.3) is 0 Å². The molecule has 1 amide bonds. The second kappa shape index (κ2) is 5.82. The summed E-state index contributed by atoms with van der Waals surface area (Å²) in [6.45, 7) is 5.24. The van der Waals surface area contributed by atoms with Gasteiger partial charge in [0, 0.05) is 25.7 Å². The molecule has 1 aromatic heterocycles. The van der Waals surface area contributed by atoms with Gasteiger partial charge in [0.05, 0.1) is 6.54 Å². The molecule has 0 aliphatic carbocycles. The van der Waals surface area contributed by atoms with Crippen LogP contribution in [0, 0.1) is 0 Å². The maximum atomic E-state index is 12.0. The lowest BCUT2D eigenvalue weighted by molar-refractivity contribution is -0.129. The summed E-state index contributed by atoms with van der Waals surface area (Å²) >= 11 is 1.66. The van der Waals surface area contributed by atoms with Crippen molar-refractivity contribution in [3.05, 3.63) is 22.4 Å². The van der Waals surface area contributed by atoms with Crippen LogP contribution in [0.1, 0.15) is 18.9 Å². The molecule has 1 aliphatic rings. The first-order chi connectivity index (χ1) is 8.59. The summed E-state index contributed by atoms with van der Waals surface area (Å²) in [5, 5.41) is 10.8. The molecular formula is C13H21N3OS. The van der Waals surface area contributed by atoms with E-state index in [1.165, 1.54) is 5.56 Å². The molecule has 100 valence electrons. The van der Waals surface area contributed by atoms with E-state index in [9.17, 15) is 4.79 Å². The largest absolute Gasteiger partial charge is 0.340 e. The number of thiophene rings is 1. The van der Waals surface area contributed by atoms with Gasteiger partial charge in [-0.25, -0.2) is 0 Å². The van der Waals surface area contributed by atoms with Crippen molar-refractivity contribution in [2.45, 2.75) is 25.4 Å². The van der Waals surface area contributed by atoms with Crippen LogP contribution in [-0.4, -0.2) is 43.0 Å². The second-order valence-corrected chi connectivity index (χ2v) is 6.00. The number of amides is 1. The Morgan fingerprint density at radius 2 is 2.50 bits per heavy atom. The Morgan fingerprint density at radius 1 is 1.67 bits per heavy atom. The van der Waals surface area contributed by atoms with E-state index >= 15 is 0 Å². The lowest BCUT2D eigenvalue weighted by Crippen LogP contribution is -2.48. The highest BCUT2D eigenvalue weighted by Gasteiger charge is 2.28. The van der Waals surface area contributed by atoms with Crippen molar-refractivity contribution >= 4 is 17.2 Å². The molecule has 2 rings (SSSR count). The fourth-order valence-corrected chi connectivity index (χ4v) is 2.80. The maximum absolute atomic E-state index is 12.0. The molecule has 1 unspecified atom stereocenters. The van der Waals surface area contributed by atoms with Crippen LogP contribution >= 0.6 is 11.3 Å². The minimum absolute atomic E-state index is 0.0683. The van der Waals surface area contributed by atoms with E-state index in [1.54, 1.807) is 16.2 Å².